The smallest absolute Gasteiger partial charge is 0.353 e. The van der Waals surface area contributed by atoms with Crippen molar-refractivity contribution < 1.29 is 14.3 Å². The molecule has 2 rings (SSSR count). The molecule has 2 aliphatic carbocycles. The van der Waals surface area contributed by atoms with Crippen molar-refractivity contribution in [3.63, 3.8) is 0 Å². The summed E-state index contributed by atoms with van der Waals surface area (Å²) in [5.41, 5.74) is 2.81. The van der Waals surface area contributed by atoms with Gasteiger partial charge in [0.05, 0.1) is 7.11 Å². The molecule has 0 aromatic heterocycles. The molecule has 1 N–H and O–H groups in total. The molecule has 16 heavy (non-hydrogen) atoms. The zero-order chi connectivity index (χ0) is 12.1. The quantitative estimate of drug-likeness (QED) is 0.614. The summed E-state index contributed by atoms with van der Waals surface area (Å²) in [4.78, 5) is 20.8. The highest BCUT2D eigenvalue weighted by molar-refractivity contribution is 5.92. The molecule has 0 aromatic rings. The van der Waals surface area contributed by atoms with Crippen LogP contribution in [0.5, 0.6) is 0 Å². The van der Waals surface area contributed by atoms with E-state index in [-0.39, 0.29) is 11.6 Å². The summed E-state index contributed by atoms with van der Waals surface area (Å²) in [5.74, 6) is -0.967. The molecule has 0 radical (unpaired) electrons. The highest BCUT2D eigenvalue weighted by atomic mass is 16.5. The Morgan fingerprint density at radius 2 is 1.88 bits per heavy atom. The van der Waals surface area contributed by atoms with Gasteiger partial charge in [-0.25, -0.2) is 4.79 Å². The van der Waals surface area contributed by atoms with Crippen molar-refractivity contribution in [2.75, 3.05) is 7.11 Å². The Bertz CT molecular complexity index is 420. The van der Waals surface area contributed by atoms with E-state index in [1.54, 1.807) is 0 Å². The van der Waals surface area contributed by atoms with E-state index >= 15 is 0 Å². The second kappa shape index (κ2) is 5.11. The summed E-state index contributed by atoms with van der Waals surface area (Å²) in [6.45, 7) is 4.54. The average molecular weight is 219 g/mol. The number of amides is 1. The molecule has 0 fully saturated rings. The van der Waals surface area contributed by atoms with Crippen molar-refractivity contribution in [3.05, 3.63) is 36.5 Å². The minimum absolute atomic E-state index is 0.0463. The van der Waals surface area contributed by atoms with Gasteiger partial charge < -0.3 is 10.1 Å². The Morgan fingerprint density at radius 1 is 1.31 bits per heavy atom. The number of hydrogen-bond donors (Lipinski definition) is 1. The van der Waals surface area contributed by atoms with Crippen LogP contribution in [0.3, 0.4) is 0 Å². The molecule has 1 amide bonds. The zero-order valence-electron chi connectivity index (χ0n) is 9.24. The van der Waals surface area contributed by atoms with Crippen LogP contribution < -0.4 is 5.32 Å². The summed E-state index contributed by atoms with van der Waals surface area (Å²) < 4.78 is 4.26. The van der Waals surface area contributed by atoms with Gasteiger partial charge in [-0.2, -0.15) is 0 Å². The lowest BCUT2D eigenvalue weighted by atomic mass is 10.5. The maximum absolute atomic E-state index is 10.5. The lowest BCUT2D eigenvalue weighted by molar-refractivity contribution is -0.137. The number of carbonyl (C=O) groups excluding carboxylic acids is 2. The topological polar surface area (TPSA) is 55.4 Å². The van der Waals surface area contributed by atoms with E-state index in [4.69, 9.17) is 0 Å². The standard InChI is InChI=1S/C6H9NO3.C6H4/c1-4(6(9)10-3)7-5(2)8;1-2-5-4-6(5)3-1/h1H2,2-3H3,(H,7,8);1-4H. The Morgan fingerprint density at radius 3 is 2.12 bits per heavy atom. The largest absolute Gasteiger partial charge is 0.464 e. The number of ether oxygens (including phenoxy) is 1. The third-order valence-electron chi connectivity index (χ3n) is 1.87. The van der Waals surface area contributed by atoms with Gasteiger partial charge in [0, 0.05) is 6.92 Å². The summed E-state index contributed by atoms with van der Waals surface area (Å²) >= 11 is 0. The minimum Gasteiger partial charge on any atom is -0.464 e. The summed E-state index contributed by atoms with van der Waals surface area (Å²) in [5, 5.41) is 2.19. The maximum atomic E-state index is 10.5. The first-order valence-electron chi connectivity index (χ1n) is 4.70. The molecule has 2 aliphatic rings. The molecular weight excluding hydrogens is 206 g/mol. The molecule has 0 saturated carbocycles. The normalized spacial score (nSPS) is 9.38. The van der Waals surface area contributed by atoms with Crippen LogP contribution in [0.2, 0.25) is 0 Å². The number of nitrogens with one attached hydrogen (secondary N) is 1. The van der Waals surface area contributed by atoms with Gasteiger partial charge in [-0.3, -0.25) is 4.79 Å². The number of carbonyl (C=O) groups is 2. The van der Waals surface area contributed by atoms with Crippen LogP contribution in [0.4, 0.5) is 0 Å². The van der Waals surface area contributed by atoms with Crippen molar-refractivity contribution in [2.24, 2.45) is 0 Å². The lowest BCUT2D eigenvalue weighted by Gasteiger charge is -2.01. The Labute approximate surface area is 93.9 Å². The number of methoxy groups -OCH3 is 1. The van der Waals surface area contributed by atoms with Crippen molar-refractivity contribution in [3.8, 4) is 11.1 Å². The second-order valence-electron chi connectivity index (χ2n) is 3.23. The van der Waals surface area contributed by atoms with Gasteiger partial charge >= 0.3 is 5.97 Å². The first-order chi connectivity index (χ1) is 7.54. The van der Waals surface area contributed by atoms with Crippen LogP contribution in [-0.4, -0.2) is 19.0 Å². The predicted molar refractivity (Wildman–Crippen MR) is 60.4 cm³/mol. The van der Waals surface area contributed by atoms with Gasteiger partial charge in [0.25, 0.3) is 0 Å². The fourth-order valence-corrected chi connectivity index (χ4v) is 1.06. The number of benzene rings is 1. The van der Waals surface area contributed by atoms with E-state index in [1.165, 1.54) is 25.2 Å². The Hall–Kier alpha value is -2.10. The van der Waals surface area contributed by atoms with Crippen molar-refractivity contribution in [1.29, 1.82) is 0 Å². The highest BCUT2D eigenvalue weighted by Gasteiger charge is 2.07. The maximum Gasteiger partial charge on any atom is 0.353 e. The van der Waals surface area contributed by atoms with Crippen LogP contribution in [0.1, 0.15) is 6.92 Å². The van der Waals surface area contributed by atoms with E-state index in [9.17, 15) is 9.59 Å². The Kier molecular flexibility index (Phi) is 3.83. The first kappa shape index (κ1) is 12.0. The van der Waals surface area contributed by atoms with E-state index in [0.717, 1.165) is 0 Å². The SMILES string of the molecule is C=C(NC(C)=O)C(=O)OC.c1cc2cc-2c1. The molecule has 0 atom stereocenters. The van der Waals surface area contributed by atoms with Gasteiger partial charge in [-0.15, -0.1) is 0 Å². The molecule has 0 unspecified atom stereocenters. The number of hydrogen-bond acceptors (Lipinski definition) is 3. The molecule has 0 spiro atoms. The van der Waals surface area contributed by atoms with Crippen molar-refractivity contribution in [2.45, 2.75) is 6.92 Å². The Balaban J connectivity index is 0.000000176. The van der Waals surface area contributed by atoms with Gasteiger partial charge in [0.1, 0.15) is 5.70 Å². The molecule has 0 aromatic carbocycles. The van der Waals surface area contributed by atoms with Crippen LogP contribution >= 0.6 is 0 Å². The van der Waals surface area contributed by atoms with Crippen LogP contribution in [-0.2, 0) is 14.3 Å². The molecule has 0 saturated heterocycles. The first-order valence-corrected chi connectivity index (χ1v) is 4.70. The van der Waals surface area contributed by atoms with Crippen LogP contribution in [0.25, 0.3) is 11.1 Å². The molecule has 0 heterocycles. The van der Waals surface area contributed by atoms with E-state index in [1.807, 2.05) is 0 Å². The lowest BCUT2D eigenvalue weighted by Crippen LogP contribution is -2.24. The fraction of sp³-hybridized carbons (Fsp3) is 0.167. The summed E-state index contributed by atoms with van der Waals surface area (Å²) in [6.07, 6.45) is 0. The van der Waals surface area contributed by atoms with Crippen molar-refractivity contribution >= 4 is 11.9 Å². The van der Waals surface area contributed by atoms with Crippen molar-refractivity contribution in [1.82, 2.24) is 5.32 Å². The van der Waals surface area contributed by atoms with Gasteiger partial charge in [-0.05, 0) is 17.2 Å². The van der Waals surface area contributed by atoms with E-state index in [2.05, 4.69) is 40.9 Å². The summed E-state index contributed by atoms with van der Waals surface area (Å²) in [6, 6.07) is 8.48. The molecule has 0 aliphatic heterocycles. The molecule has 84 valence electrons. The third-order valence-corrected chi connectivity index (χ3v) is 1.87. The summed E-state index contributed by atoms with van der Waals surface area (Å²) in [7, 11) is 1.22. The van der Waals surface area contributed by atoms with Crippen LogP contribution in [0, 0.1) is 0 Å². The number of esters is 1. The second-order valence-corrected chi connectivity index (χ2v) is 3.23. The predicted octanol–water partition coefficient (Wildman–Crippen LogP) is 1.48. The molecule has 4 nitrogen and oxygen atoms in total. The number of fused-ring (bicyclic) bond motifs is 1. The van der Waals surface area contributed by atoms with Gasteiger partial charge in [0.2, 0.25) is 5.91 Å². The van der Waals surface area contributed by atoms with E-state index < -0.39 is 5.97 Å². The van der Waals surface area contributed by atoms with Gasteiger partial charge in [-0.1, -0.05) is 24.8 Å². The molecule has 0 bridgehead atoms. The fourth-order valence-electron chi connectivity index (χ4n) is 1.06. The monoisotopic (exact) mass is 219 g/mol. The highest BCUT2D eigenvalue weighted by Crippen LogP contribution is 2.32. The third kappa shape index (κ3) is 3.57. The average Bonchev–Trinajstić information content (AvgIpc) is 2.84. The minimum atomic E-state index is -0.629. The van der Waals surface area contributed by atoms with E-state index in [0.29, 0.717) is 0 Å². The van der Waals surface area contributed by atoms with Crippen LogP contribution in [0.15, 0.2) is 36.5 Å². The van der Waals surface area contributed by atoms with Gasteiger partial charge in [0.15, 0.2) is 0 Å². The molecule has 4 heteroatoms. The molecular formula is C12H13NO3. The zero-order valence-corrected chi connectivity index (χ0v) is 9.24. The number of rotatable bonds is 2.